The second kappa shape index (κ2) is 11.6. The molecule has 3 saturated heterocycles. The number of fused-ring (bicyclic) bond motifs is 4. The SMILES string of the molecule is C=C(C)C(C(=O)O[Si](C)(C)C)N1C(=O)C2OC(C)C(=O)NC3CC(=O)N(SC21)C3=O.c1ccc2ccccc2c1. The molecule has 12 heteroatoms. The van der Waals surface area contributed by atoms with E-state index >= 15 is 0 Å². The first-order valence-electron chi connectivity index (χ1n) is 12.9. The molecule has 5 rings (SSSR count). The molecule has 0 aromatic heterocycles. The van der Waals surface area contributed by atoms with Crippen molar-refractivity contribution < 1.29 is 33.1 Å². The van der Waals surface area contributed by atoms with Gasteiger partial charge in [0.25, 0.3) is 11.8 Å². The fraction of sp³-hybridized carbons (Fsp3) is 0.393. The van der Waals surface area contributed by atoms with Crippen molar-refractivity contribution in [2.75, 3.05) is 0 Å². The molecule has 0 aliphatic carbocycles. The summed E-state index contributed by atoms with van der Waals surface area (Å²) in [5, 5.41) is 4.23. The minimum atomic E-state index is -2.26. The number of hydrogen-bond acceptors (Lipinski definition) is 8. The van der Waals surface area contributed by atoms with E-state index in [1.807, 2.05) is 19.6 Å². The summed E-state index contributed by atoms with van der Waals surface area (Å²) >= 11 is 0.818. The molecule has 2 aromatic rings. The lowest BCUT2D eigenvalue weighted by Gasteiger charge is -2.50. The summed E-state index contributed by atoms with van der Waals surface area (Å²) in [6.07, 6.45) is -2.29. The minimum Gasteiger partial charge on any atom is -0.518 e. The standard InChI is InChI=1S/C18H25N3O7SSi.C10H8/c1-8(2)12(18(26)28-30(4,5)6)20-16(25)13-17(20)29-21-11(22)7-10(15(21)24)19-14(23)9(3)27-13;1-2-6-10-8-4-3-7-9(10)5-1/h9-10,12-13,17H,1,7H2,2-6H3,(H,19,23);1-8H. The fourth-order valence-corrected chi connectivity index (χ4v) is 6.49. The summed E-state index contributed by atoms with van der Waals surface area (Å²) in [6, 6.07) is 14.7. The van der Waals surface area contributed by atoms with E-state index in [1.165, 1.54) is 22.6 Å². The molecule has 10 nitrogen and oxygen atoms in total. The van der Waals surface area contributed by atoms with Crippen LogP contribution in [0.2, 0.25) is 19.6 Å². The van der Waals surface area contributed by atoms with Gasteiger partial charge in [0.15, 0.2) is 12.1 Å². The number of imide groups is 1. The number of benzene rings is 2. The Morgan fingerprint density at radius 2 is 1.60 bits per heavy atom. The van der Waals surface area contributed by atoms with Crippen molar-refractivity contribution in [3.63, 3.8) is 0 Å². The van der Waals surface area contributed by atoms with Crippen LogP contribution in [-0.2, 0) is 33.1 Å². The van der Waals surface area contributed by atoms with E-state index in [9.17, 15) is 24.0 Å². The molecule has 5 atom stereocenters. The Balaban J connectivity index is 0.000000307. The number of amides is 4. The third kappa shape index (κ3) is 6.13. The van der Waals surface area contributed by atoms with Crippen molar-refractivity contribution in [3.8, 4) is 0 Å². The molecule has 0 spiro atoms. The lowest BCUT2D eigenvalue weighted by Crippen LogP contribution is -2.71. The molecule has 0 radical (unpaired) electrons. The number of β-lactam (4-membered cyclic amide) rings is 1. The number of carbonyl (C=O) groups excluding carboxylic acids is 5. The zero-order chi connectivity index (χ0) is 29.4. The number of carbonyl (C=O) groups is 5. The average molecular weight is 584 g/mol. The summed E-state index contributed by atoms with van der Waals surface area (Å²) in [7, 11) is -2.26. The molecular weight excluding hydrogens is 550 g/mol. The first-order valence-corrected chi connectivity index (χ1v) is 17.2. The zero-order valence-corrected chi connectivity index (χ0v) is 24.9. The van der Waals surface area contributed by atoms with Crippen molar-refractivity contribution in [1.82, 2.24) is 14.5 Å². The van der Waals surface area contributed by atoms with Crippen molar-refractivity contribution in [2.45, 2.75) is 69.6 Å². The zero-order valence-electron chi connectivity index (χ0n) is 23.1. The van der Waals surface area contributed by atoms with Gasteiger partial charge in [0.2, 0.25) is 20.1 Å². The molecule has 0 saturated carbocycles. The molecule has 2 aromatic carbocycles. The largest absolute Gasteiger partial charge is 0.518 e. The number of nitrogens with one attached hydrogen (secondary N) is 1. The van der Waals surface area contributed by atoms with E-state index in [0.29, 0.717) is 5.57 Å². The Morgan fingerprint density at radius 1 is 1.05 bits per heavy atom. The Bertz CT molecular complexity index is 1310. The van der Waals surface area contributed by atoms with Gasteiger partial charge in [-0.25, -0.2) is 4.31 Å². The molecule has 4 amide bonds. The molecule has 3 aliphatic heterocycles. The molecule has 2 bridgehead atoms. The summed E-state index contributed by atoms with van der Waals surface area (Å²) < 4.78 is 12.1. The van der Waals surface area contributed by atoms with Gasteiger partial charge < -0.3 is 19.4 Å². The van der Waals surface area contributed by atoms with Crippen LogP contribution in [0.1, 0.15) is 20.3 Å². The quantitative estimate of drug-likeness (QED) is 0.192. The predicted molar refractivity (Wildman–Crippen MR) is 153 cm³/mol. The molecule has 212 valence electrons. The highest BCUT2D eigenvalue weighted by atomic mass is 32.2. The second-order valence-electron chi connectivity index (χ2n) is 10.9. The van der Waals surface area contributed by atoms with Crippen molar-refractivity contribution in [1.29, 1.82) is 0 Å². The van der Waals surface area contributed by atoms with Gasteiger partial charge in [0, 0.05) is 0 Å². The van der Waals surface area contributed by atoms with Crippen LogP contribution in [0, 0.1) is 0 Å². The second-order valence-corrected chi connectivity index (χ2v) is 16.3. The van der Waals surface area contributed by atoms with Crippen LogP contribution < -0.4 is 5.32 Å². The number of rotatable bonds is 4. The first kappa shape index (κ1) is 29.5. The molecule has 3 heterocycles. The number of likely N-dealkylation sites (tertiary alicyclic amines) is 1. The monoisotopic (exact) mass is 583 g/mol. The molecule has 5 unspecified atom stereocenters. The maximum Gasteiger partial charge on any atom is 0.319 e. The smallest absolute Gasteiger partial charge is 0.319 e. The third-order valence-corrected chi connectivity index (χ3v) is 8.52. The Morgan fingerprint density at radius 3 is 2.10 bits per heavy atom. The van der Waals surface area contributed by atoms with E-state index in [4.69, 9.17) is 9.16 Å². The molecule has 40 heavy (non-hydrogen) atoms. The summed E-state index contributed by atoms with van der Waals surface area (Å²) in [6.45, 7) is 12.4. The van der Waals surface area contributed by atoms with Crippen LogP contribution in [0.15, 0.2) is 60.7 Å². The van der Waals surface area contributed by atoms with E-state index in [-0.39, 0.29) is 6.42 Å². The maximum absolute atomic E-state index is 12.9. The van der Waals surface area contributed by atoms with Gasteiger partial charge in [-0.15, -0.1) is 0 Å². The molecule has 1 N–H and O–H groups in total. The topological polar surface area (TPSA) is 122 Å². The van der Waals surface area contributed by atoms with Crippen molar-refractivity contribution in [3.05, 3.63) is 60.7 Å². The maximum atomic E-state index is 12.9. The molecule has 3 fully saturated rings. The van der Waals surface area contributed by atoms with Crippen LogP contribution in [-0.4, -0.2) is 76.8 Å². The van der Waals surface area contributed by atoms with Crippen LogP contribution in [0.25, 0.3) is 10.8 Å². The van der Waals surface area contributed by atoms with E-state index in [1.54, 1.807) is 6.92 Å². The highest BCUT2D eigenvalue weighted by molar-refractivity contribution is 7.98. The Hall–Kier alpha value is -3.48. The normalized spacial score (nSPS) is 25.2. The van der Waals surface area contributed by atoms with Crippen LogP contribution in [0.5, 0.6) is 0 Å². The van der Waals surface area contributed by atoms with Gasteiger partial charge in [0.1, 0.15) is 17.5 Å². The third-order valence-electron chi connectivity index (χ3n) is 6.42. The summed E-state index contributed by atoms with van der Waals surface area (Å²) in [5.41, 5.74) is 0.380. The van der Waals surface area contributed by atoms with Gasteiger partial charge in [-0.3, -0.25) is 24.0 Å². The van der Waals surface area contributed by atoms with Crippen LogP contribution in [0.4, 0.5) is 0 Å². The molecular formula is C28H33N3O7SSi. The van der Waals surface area contributed by atoms with Crippen LogP contribution >= 0.6 is 11.9 Å². The van der Waals surface area contributed by atoms with Crippen LogP contribution in [0.3, 0.4) is 0 Å². The average Bonchev–Trinajstić information content (AvgIpc) is 3.14. The summed E-state index contributed by atoms with van der Waals surface area (Å²) in [4.78, 5) is 64.2. The van der Waals surface area contributed by atoms with Crippen molar-refractivity contribution >= 4 is 60.6 Å². The Labute approximate surface area is 238 Å². The van der Waals surface area contributed by atoms with Gasteiger partial charge >= 0.3 is 5.97 Å². The molecule has 3 aliphatic rings. The predicted octanol–water partition coefficient (Wildman–Crippen LogP) is 3.00. The van der Waals surface area contributed by atoms with Gasteiger partial charge in [-0.1, -0.05) is 55.1 Å². The first-order chi connectivity index (χ1) is 18.8. The highest BCUT2D eigenvalue weighted by Gasteiger charge is 2.58. The van der Waals surface area contributed by atoms with Crippen molar-refractivity contribution in [2.24, 2.45) is 0 Å². The van der Waals surface area contributed by atoms with E-state index in [2.05, 4.69) is 60.4 Å². The lowest BCUT2D eigenvalue weighted by atomic mass is 10.0. The number of ether oxygens (including phenoxy) is 1. The number of nitrogens with zero attached hydrogens (tertiary/aromatic N) is 2. The Kier molecular flexibility index (Phi) is 8.52. The summed E-state index contributed by atoms with van der Waals surface area (Å²) in [5.74, 6) is -2.80. The number of hydrogen-bond donors (Lipinski definition) is 1. The van der Waals surface area contributed by atoms with E-state index in [0.717, 1.165) is 16.3 Å². The fourth-order valence-electron chi connectivity index (χ4n) is 4.52. The van der Waals surface area contributed by atoms with Gasteiger partial charge in [-0.2, -0.15) is 0 Å². The minimum absolute atomic E-state index is 0.169. The van der Waals surface area contributed by atoms with Gasteiger partial charge in [0.05, 0.1) is 6.42 Å². The van der Waals surface area contributed by atoms with E-state index < -0.39 is 67.6 Å². The highest BCUT2D eigenvalue weighted by Crippen LogP contribution is 2.40. The van der Waals surface area contributed by atoms with Gasteiger partial charge in [-0.05, 0) is 61.8 Å². The lowest BCUT2D eigenvalue weighted by molar-refractivity contribution is -0.180.